The maximum Gasteiger partial charge on any atom is 0.251 e. The van der Waals surface area contributed by atoms with Crippen molar-refractivity contribution in [2.45, 2.75) is 13.3 Å². The Morgan fingerprint density at radius 3 is 2.41 bits per heavy atom. The van der Waals surface area contributed by atoms with Crippen molar-refractivity contribution < 1.29 is 4.79 Å². The van der Waals surface area contributed by atoms with Gasteiger partial charge < -0.3 is 15.5 Å². The Kier molecular flexibility index (Phi) is 6.92. The molecule has 0 spiro atoms. The van der Waals surface area contributed by atoms with Gasteiger partial charge >= 0.3 is 0 Å². The van der Waals surface area contributed by atoms with Gasteiger partial charge in [0.1, 0.15) is 0 Å². The molecule has 3 rings (SSSR count). The SMILES string of the molecule is Cc1ccc(-c2ccnc(Nc3ccc(C(=O)NCCCN(C)C)cc3)n2)cc1. The van der Waals surface area contributed by atoms with Gasteiger partial charge in [0.15, 0.2) is 0 Å². The third-order valence-corrected chi connectivity index (χ3v) is 4.47. The van der Waals surface area contributed by atoms with Crippen LogP contribution >= 0.6 is 0 Å². The summed E-state index contributed by atoms with van der Waals surface area (Å²) < 4.78 is 0. The predicted molar refractivity (Wildman–Crippen MR) is 117 cm³/mol. The van der Waals surface area contributed by atoms with Crippen LogP contribution in [-0.2, 0) is 0 Å². The first kappa shape index (κ1) is 20.5. The van der Waals surface area contributed by atoms with E-state index in [9.17, 15) is 4.79 Å². The van der Waals surface area contributed by atoms with Crippen LogP contribution in [0.2, 0.25) is 0 Å². The first-order valence-corrected chi connectivity index (χ1v) is 9.71. The number of amides is 1. The molecule has 1 amide bonds. The van der Waals surface area contributed by atoms with Crippen molar-refractivity contribution in [3.05, 3.63) is 71.9 Å². The van der Waals surface area contributed by atoms with Crippen LogP contribution in [0.15, 0.2) is 60.8 Å². The molecule has 2 N–H and O–H groups in total. The Hall–Kier alpha value is -3.25. The molecule has 0 aliphatic heterocycles. The Balaban J connectivity index is 1.60. The molecular weight excluding hydrogens is 362 g/mol. The van der Waals surface area contributed by atoms with Crippen molar-refractivity contribution in [1.82, 2.24) is 20.2 Å². The second kappa shape index (κ2) is 9.80. The van der Waals surface area contributed by atoms with Gasteiger partial charge in [-0.1, -0.05) is 29.8 Å². The van der Waals surface area contributed by atoms with E-state index in [0.717, 1.165) is 29.9 Å². The van der Waals surface area contributed by atoms with Crippen LogP contribution in [0.3, 0.4) is 0 Å². The topological polar surface area (TPSA) is 70.2 Å². The molecule has 0 radical (unpaired) electrons. The third-order valence-electron chi connectivity index (χ3n) is 4.47. The second-order valence-corrected chi connectivity index (χ2v) is 7.25. The summed E-state index contributed by atoms with van der Waals surface area (Å²) in [5.41, 5.74) is 4.58. The number of anilines is 2. The molecule has 0 aliphatic rings. The van der Waals surface area contributed by atoms with E-state index in [2.05, 4.69) is 44.6 Å². The van der Waals surface area contributed by atoms with Crippen molar-refractivity contribution in [2.24, 2.45) is 0 Å². The van der Waals surface area contributed by atoms with Crippen LogP contribution in [0, 0.1) is 6.92 Å². The number of carbonyl (C=O) groups is 1. The van der Waals surface area contributed by atoms with Gasteiger partial charge in [0.25, 0.3) is 5.91 Å². The Labute approximate surface area is 172 Å². The van der Waals surface area contributed by atoms with E-state index in [1.807, 2.05) is 44.4 Å². The number of nitrogens with one attached hydrogen (secondary N) is 2. The van der Waals surface area contributed by atoms with E-state index in [-0.39, 0.29) is 5.91 Å². The fourth-order valence-electron chi connectivity index (χ4n) is 2.84. The van der Waals surface area contributed by atoms with Gasteiger partial charge in [-0.25, -0.2) is 9.97 Å². The van der Waals surface area contributed by atoms with E-state index in [0.29, 0.717) is 18.1 Å². The highest BCUT2D eigenvalue weighted by Gasteiger charge is 2.06. The summed E-state index contributed by atoms with van der Waals surface area (Å²) in [4.78, 5) is 23.2. The fourth-order valence-corrected chi connectivity index (χ4v) is 2.84. The van der Waals surface area contributed by atoms with E-state index in [4.69, 9.17) is 0 Å². The Bertz CT molecular complexity index is 936. The lowest BCUT2D eigenvalue weighted by atomic mass is 10.1. The molecule has 0 atom stereocenters. The van der Waals surface area contributed by atoms with Crippen LogP contribution < -0.4 is 10.6 Å². The zero-order valence-corrected chi connectivity index (χ0v) is 17.1. The number of hydrogen-bond acceptors (Lipinski definition) is 5. The Morgan fingerprint density at radius 1 is 1.00 bits per heavy atom. The normalized spacial score (nSPS) is 10.8. The maximum atomic E-state index is 12.2. The number of aryl methyl sites for hydroxylation is 1. The first-order chi connectivity index (χ1) is 14.0. The molecule has 6 nitrogen and oxygen atoms in total. The van der Waals surface area contributed by atoms with Gasteiger partial charge in [0, 0.05) is 29.6 Å². The average molecular weight is 390 g/mol. The lowest BCUT2D eigenvalue weighted by Crippen LogP contribution is -2.27. The molecular formula is C23H27N5O. The maximum absolute atomic E-state index is 12.2. The Morgan fingerprint density at radius 2 is 1.72 bits per heavy atom. The standard InChI is InChI=1S/C23H27N5O/c1-17-5-7-18(8-6-17)21-13-15-25-23(27-21)26-20-11-9-19(10-12-20)22(29)24-14-4-16-28(2)3/h5-13,15H,4,14,16H2,1-3H3,(H,24,29)(H,25,26,27). The minimum absolute atomic E-state index is 0.0621. The summed E-state index contributed by atoms with van der Waals surface area (Å²) in [6.45, 7) is 3.67. The molecule has 6 heteroatoms. The van der Waals surface area contributed by atoms with E-state index in [1.165, 1.54) is 5.56 Å². The molecule has 29 heavy (non-hydrogen) atoms. The summed E-state index contributed by atoms with van der Waals surface area (Å²) in [5.74, 6) is 0.455. The first-order valence-electron chi connectivity index (χ1n) is 9.71. The highest BCUT2D eigenvalue weighted by molar-refractivity contribution is 5.94. The summed E-state index contributed by atoms with van der Waals surface area (Å²) in [6, 6.07) is 17.4. The van der Waals surface area contributed by atoms with Gasteiger partial charge in [-0.05, 0) is 64.3 Å². The molecule has 0 fully saturated rings. The summed E-state index contributed by atoms with van der Waals surface area (Å²) in [6.07, 6.45) is 2.66. The minimum Gasteiger partial charge on any atom is -0.352 e. The quantitative estimate of drug-likeness (QED) is 0.572. The van der Waals surface area contributed by atoms with Crippen molar-refractivity contribution in [2.75, 3.05) is 32.5 Å². The number of carbonyl (C=O) groups excluding carboxylic acids is 1. The minimum atomic E-state index is -0.0621. The number of aromatic nitrogens is 2. The smallest absolute Gasteiger partial charge is 0.251 e. The van der Waals surface area contributed by atoms with Gasteiger partial charge in [-0.3, -0.25) is 4.79 Å². The van der Waals surface area contributed by atoms with E-state index >= 15 is 0 Å². The highest BCUT2D eigenvalue weighted by atomic mass is 16.1. The van der Waals surface area contributed by atoms with E-state index in [1.54, 1.807) is 18.3 Å². The van der Waals surface area contributed by atoms with Crippen molar-refractivity contribution in [1.29, 1.82) is 0 Å². The molecule has 0 saturated heterocycles. The van der Waals surface area contributed by atoms with Gasteiger partial charge in [-0.15, -0.1) is 0 Å². The van der Waals surface area contributed by atoms with Crippen molar-refractivity contribution in [3.8, 4) is 11.3 Å². The molecule has 0 saturated carbocycles. The van der Waals surface area contributed by atoms with Crippen molar-refractivity contribution in [3.63, 3.8) is 0 Å². The second-order valence-electron chi connectivity index (χ2n) is 7.25. The van der Waals surface area contributed by atoms with Crippen LogP contribution in [0.5, 0.6) is 0 Å². The largest absolute Gasteiger partial charge is 0.352 e. The molecule has 0 unspecified atom stereocenters. The lowest BCUT2D eigenvalue weighted by Gasteiger charge is -2.10. The number of rotatable bonds is 8. The average Bonchev–Trinajstić information content (AvgIpc) is 2.72. The van der Waals surface area contributed by atoms with Crippen LogP contribution in [0.25, 0.3) is 11.3 Å². The molecule has 150 valence electrons. The van der Waals surface area contributed by atoms with Crippen LogP contribution in [0.1, 0.15) is 22.3 Å². The van der Waals surface area contributed by atoms with Gasteiger partial charge in [0.2, 0.25) is 5.95 Å². The van der Waals surface area contributed by atoms with Gasteiger partial charge in [-0.2, -0.15) is 0 Å². The molecule has 1 aromatic heterocycles. The molecule has 3 aromatic rings. The molecule has 0 bridgehead atoms. The number of hydrogen-bond donors (Lipinski definition) is 2. The highest BCUT2D eigenvalue weighted by Crippen LogP contribution is 2.20. The monoisotopic (exact) mass is 389 g/mol. The number of nitrogens with zero attached hydrogens (tertiary/aromatic N) is 3. The lowest BCUT2D eigenvalue weighted by molar-refractivity contribution is 0.0952. The molecule has 2 aromatic carbocycles. The van der Waals surface area contributed by atoms with Crippen LogP contribution in [0.4, 0.5) is 11.6 Å². The zero-order chi connectivity index (χ0) is 20.6. The third kappa shape index (κ3) is 6.12. The molecule has 1 heterocycles. The number of benzene rings is 2. The van der Waals surface area contributed by atoms with Crippen molar-refractivity contribution >= 4 is 17.5 Å². The summed E-state index contributed by atoms with van der Waals surface area (Å²) in [7, 11) is 4.04. The van der Waals surface area contributed by atoms with Crippen LogP contribution in [-0.4, -0.2) is 48.0 Å². The van der Waals surface area contributed by atoms with Gasteiger partial charge in [0.05, 0.1) is 5.69 Å². The zero-order valence-electron chi connectivity index (χ0n) is 17.1. The predicted octanol–water partition coefficient (Wildman–Crippen LogP) is 3.88. The van der Waals surface area contributed by atoms with E-state index < -0.39 is 0 Å². The molecule has 0 aliphatic carbocycles. The summed E-state index contributed by atoms with van der Waals surface area (Å²) in [5, 5.41) is 6.14. The summed E-state index contributed by atoms with van der Waals surface area (Å²) >= 11 is 0. The fraction of sp³-hybridized carbons (Fsp3) is 0.261.